The van der Waals surface area contributed by atoms with Crippen LogP contribution in [0.15, 0.2) is 36.4 Å². The fourth-order valence-electron chi connectivity index (χ4n) is 1.91. The Balaban J connectivity index is 2.27. The molecule has 0 unspecified atom stereocenters. The largest absolute Gasteiger partial charge is 0.490 e. The first-order valence-electron chi connectivity index (χ1n) is 6.53. The van der Waals surface area contributed by atoms with Crippen LogP contribution in [-0.4, -0.2) is 6.61 Å². The monoisotopic (exact) mass is 356 g/mol. The SMILES string of the molecule is CCOc1cccc(CBr)c1OCc1c(F)cccc1F. The lowest BCUT2D eigenvalue weighted by molar-refractivity contribution is 0.260. The molecule has 0 spiro atoms. The molecular weight excluding hydrogens is 342 g/mol. The van der Waals surface area contributed by atoms with Crippen molar-refractivity contribution in [3.63, 3.8) is 0 Å². The number of ether oxygens (including phenoxy) is 2. The lowest BCUT2D eigenvalue weighted by Crippen LogP contribution is -2.05. The maximum Gasteiger partial charge on any atom is 0.165 e. The summed E-state index contributed by atoms with van der Waals surface area (Å²) in [4.78, 5) is 0. The topological polar surface area (TPSA) is 18.5 Å². The Hall–Kier alpha value is -1.62. The normalized spacial score (nSPS) is 10.5. The van der Waals surface area contributed by atoms with Gasteiger partial charge in [-0.1, -0.05) is 34.1 Å². The highest BCUT2D eigenvalue weighted by Gasteiger charge is 2.14. The minimum atomic E-state index is -0.621. The van der Waals surface area contributed by atoms with Gasteiger partial charge in [0.1, 0.15) is 18.2 Å². The molecular formula is C16H15BrF2O2. The second-order valence-corrected chi connectivity index (χ2v) is 4.86. The zero-order valence-electron chi connectivity index (χ0n) is 11.5. The molecule has 2 nitrogen and oxygen atoms in total. The quantitative estimate of drug-likeness (QED) is 0.689. The first kappa shape index (κ1) is 15.8. The second-order valence-electron chi connectivity index (χ2n) is 4.30. The van der Waals surface area contributed by atoms with Gasteiger partial charge >= 0.3 is 0 Å². The molecule has 2 aromatic rings. The van der Waals surface area contributed by atoms with Crippen LogP contribution in [-0.2, 0) is 11.9 Å². The van der Waals surface area contributed by atoms with Gasteiger partial charge in [0.25, 0.3) is 0 Å². The molecule has 0 radical (unpaired) electrons. The lowest BCUT2D eigenvalue weighted by atomic mass is 10.2. The van der Waals surface area contributed by atoms with E-state index in [2.05, 4.69) is 15.9 Å². The van der Waals surface area contributed by atoms with E-state index in [4.69, 9.17) is 9.47 Å². The number of hydrogen-bond donors (Lipinski definition) is 0. The van der Waals surface area contributed by atoms with E-state index in [1.165, 1.54) is 18.2 Å². The summed E-state index contributed by atoms with van der Waals surface area (Å²) < 4.78 is 38.4. The van der Waals surface area contributed by atoms with Gasteiger partial charge in [-0.3, -0.25) is 0 Å². The Morgan fingerprint density at radius 1 is 1.00 bits per heavy atom. The lowest BCUT2D eigenvalue weighted by Gasteiger charge is -2.15. The zero-order valence-corrected chi connectivity index (χ0v) is 13.1. The standard InChI is InChI=1S/C16H15BrF2O2/c1-2-20-15-8-3-5-11(9-17)16(15)21-10-12-13(18)6-4-7-14(12)19/h3-8H,2,9-10H2,1H3. The average Bonchev–Trinajstić information content (AvgIpc) is 2.48. The molecule has 0 saturated heterocycles. The Labute approximate surface area is 130 Å². The van der Waals surface area contributed by atoms with Crippen molar-refractivity contribution in [1.29, 1.82) is 0 Å². The summed E-state index contributed by atoms with van der Waals surface area (Å²) in [6, 6.07) is 9.22. The number of benzene rings is 2. The Morgan fingerprint density at radius 3 is 2.29 bits per heavy atom. The Kier molecular flexibility index (Phi) is 5.56. The van der Waals surface area contributed by atoms with E-state index in [1.807, 2.05) is 19.1 Å². The third kappa shape index (κ3) is 3.73. The van der Waals surface area contributed by atoms with E-state index >= 15 is 0 Å². The number of halogens is 3. The number of rotatable bonds is 6. The van der Waals surface area contributed by atoms with Gasteiger partial charge in [-0.05, 0) is 25.1 Å². The molecule has 0 amide bonds. The molecule has 0 atom stereocenters. The highest BCUT2D eigenvalue weighted by atomic mass is 79.9. The van der Waals surface area contributed by atoms with Crippen molar-refractivity contribution in [3.8, 4) is 11.5 Å². The summed E-state index contributed by atoms with van der Waals surface area (Å²) >= 11 is 3.37. The summed E-state index contributed by atoms with van der Waals surface area (Å²) in [6.45, 7) is 2.15. The van der Waals surface area contributed by atoms with Crippen LogP contribution in [0.2, 0.25) is 0 Å². The van der Waals surface area contributed by atoms with Gasteiger partial charge in [0.15, 0.2) is 11.5 Å². The van der Waals surface area contributed by atoms with Gasteiger partial charge in [0.05, 0.1) is 12.2 Å². The number of para-hydroxylation sites is 1. The molecule has 0 fully saturated rings. The molecule has 0 bridgehead atoms. The van der Waals surface area contributed by atoms with E-state index in [0.717, 1.165) is 5.56 Å². The summed E-state index contributed by atoms with van der Waals surface area (Å²) in [7, 11) is 0. The van der Waals surface area contributed by atoms with E-state index < -0.39 is 11.6 Å². The van der Waals surface area contributed by atoms with Crippen LogP contribution in [0.1, 0.15) is 18.1 Å². The van der Waals surface area contributed by atoms with Crippen LogP contribution in [0.5, 0.6) is 11.5 Å². The van der Waals surface area contributed by atoms with E-state index in [-0.39, 0.29) is 12.2 Å². The van der Waals surface area contributed by atoms with Crippen LogP contribution < -0.4 is 9.47 Å². The van der Waals surface area contributed by atoms with Crippen molar-refractivity contribution in [2.24, 2.45) is 0 Å². The molecule has 5 heteroatoms. The summed E-state index contributed by atoms with van der Waals surface area (Å²) in [5, 5.41) is 0.559. The van der Waals surface area contributed by atoms with Gasteiger partial charge < -0.3 is 9.47 Å². The molecule has 0 saturated carbocycles. The van der Waals surface area contributed by atoms with E-state index in [1.54, 1.807) is 6.07 Å². The molecule has 2 rings (SSSR count). The smallest absolute Gasteiger partial charge is 0.165 e. The van der Waals surface area contributed by atoms with Crippen molar-refractivity contribution >= 4 is 15.9 Å². The van der Waals surface area contributed by atoms with Gasteiger partial charge in [-0.2, -0.15) is 0 Å². The molecule has 0 aliphatic carbocycles. The minimum absolute atomic E-state index is 0.0932. The van der Waals surface area contributed by atoms with Crippen molar-refractivity contribution in [2.75, 3.05) is 6.61 Å². The first-order valence-corrected chi connectivity index (χ1v) is 7.65. The van der Waals surface area contributed by atoms with Gasteiger partial charge in [0.2, 0.25) is 0 Å². The highest BCUT2D eigenvalue weighted by molar-refractivity contribution is 9.08. The van der Waals surface area contributed by atoms with Crippen molar-refractivity contribution in [1.82, 2.24) is 0 Å². The van der Waals surface area contributed by atoms with Crippen LogP contribution in [0.4, 0.5) is 8.78 Å². The van der Waals surface area contributed by atoms with Crippen LogP contribution in [0.25, 0.3) is 0 Å². The van der Waals surface area contributed by atoms with Crippen LogP contribution >= 0.6 is 15.9 Å². The van der Waals surface area contributed by atoms with E-state index in [0.29, 0.717) is 23.4 Å². The van der Waals surface area contributed by atoms with Gasteiger partial charge in [0, 0.05) is 10.9 Å². The molecule has 0 heterocycles. The molecule has 0 aliphatic heterocycles. The van der Waals surface area contributed by atoms with Crippen LogP contribution in [0, 0.1) is 11.6 Å². The summed E-state index contributed by atoms with van der Waals surface area (Å²) in [6.07, 6.45) is 0. The van der Waals surface area contributed by atoms with Crippen molar-refractivity contribution in [2.45, 2.75) is 18.9 Å². The fraction of sp³-hybridized carbons (Fsp3) is 0.250. The predicted molar refractivity (Wildman–Crippen MR) is 80.9 cm³/mol. The molecule has 0 aliphatic rings. The van der Waals surface area contributed by atoms with E-state index in [9.17, 15) is 8.78 Å². The van der Waals surface area contributed by atoms with Crippen molar-refractivity contribution in [3.05, 3.63) is 59.2 Å². The molecule has 0 aromatic heterocycles. The number of alkyl halides is 1. The Morgan fingerprint density at radius 2 is 1.67 bits per heavy atom. The average molecular weight is 357 g/mol. The molecule has 2 aromatic carbocycles. The summed E-state index contributed by atoms with van der Waals surface area (Å²) in [5.41, 5.74) is 0.766. The molecule has 0 N–H and O–H groups in total. The molecule has 112 valence electrons. The number of hydrogen-bond acceptors (Lipinski definition) is 2. The predicted octanol–water partition coefficient (Wildman–Crippen LogP) is 4.84. The minimum Gasteiger partial charge on any atom is -0.490 e. The third-order valence-electron chi connectivity index (χ3n) is 2.93. The van der Waals surface area contributed by atoms with Crippen LogP contribution in [0.3, 0.4) is 0 Å². The third-order valence-corrected chi connectivity index (χ3v) is 3.53. The van der Waals surface area contributed by atoms with Crippen molar-refractivity contribution < 1.29 is 18.3 Å². The van der Waals surface area contributed by atoms with Gasteiger partial charge in [-0.15, -0.1) is 0 Å². The zero-order chi connectivity index (χ0) is 15.2. The summed E-state index contributed by atoms with van der Waals surface area (Å²) in [5.74, 6) is -0.182. The highest BCUT2D eigenvalue weighted by Crippen LogP contribution is 2.33. The van der Waals surface area contributed by atoms with Gasteiger partial charge in [-0.25, -0.2) is 8.78 Å². The first-order chi connectivity index (χ1) is 10.2. The fourth-order valence-corrected chi connectivity index (χ4v) is 2.36. The Bertz CT molecular complexity index is 597. The second kappa shape index (κ2) is 7.41. The maximum absolute atomic E-state index is 13.6. The maximum atomic E-state index is 13.6. The molecule has 21 heavy (non-hydrogen) atoms.